The molecule has 0 aromatic carbocycles. The van der Waals surface area contributed by atoms with Crippen LogP contribution in [0.1, 0.15) is 6.42 Å². The first kappa shape index (κ1) is 8.49. The summed E-state index contributed by atoms with van der Waals surface area (Å²) in [6.07, 6.45) is 1.09. The molecule has 0 fully saturated rings. The molecule has 9 heavy (non-hydrogen) atoms. The molecule has 0 aromatic heterocycles. The highest BCUT2D eigenvalue weighted by Crippen LogP contribution is 1.88. The summed E-state index contributed by atoms with van der Waals surface area (Å²) in [7, 11) is 2.93. The SMILES string of the molecule is CN(CCC[SiH3])C(N)=O. The molecule has 0 heterocycles. The van der Waals surface area contributed by atoms with Gasteiger partial charge in [0.05, 0.1) is 0 Å². The maximum atomic E-state index is 10.4. The fourth-order valence-electron chi connectivity index (χ4n) is 0.505. The van der Waals surface area contributed by atoms with E-state index in [1.165, 1.54) is 21.2 Å². The number of nitrogens with zero attached hydrogens (tertiary/aromatic N) is 1. The summed E-state index contributed by atoms with van der Waals surface area (Å²) in [5.74, 6) is 0. The molecule has 0 aliphatic carbocycles. The number of amides is 2. The van der Waals surface area contributed by atoms with Crippen molar-refractivity contribution in [2.45, 2.75) is 12.5 Å². The van der Waals surface area contributed by atoms with Crippen molar-refractivity contribution in [2.75, 3.05) is 13.6 Å². The molecule has 0 rings (SSSR count). The first-order chi connectivity index (χ1) is 4.18. The number of carbonyl (C=O) groups excluding carboxylic acids is 1. The molecular formula is C5H14N2OSi. The first-order valence-electron chi connectivity index (χ1n) is 3.19. The third-order valence-electron chi connectivity index (χ3n) is 1.22. The van der Waals surface area contributed by atoms with Crippen molar-refractivity contribution < 1.29 is 4.79 Å². The summed E-state index contributed by atoms with van der Waals surface area (Å²) in [5.41, 5.74) is 4.98. The number of hydrogen-bond donors (Lipinski definition) is 1. The van der Waals surface area contributed by atoms with Gasteiger partial charge >= 0.3 is 6.03 Å². The molecule has 0 aromatic rings. The maximum absolute atomic E-state index is 10.4. The largest absolute Gasteiger partial charge is 0.351 e. The summed E-state index contributed by atoms with van der Waals surface area (Å²) in [6.45, 7) is 0.804. The molecule has 2 N–H and O–H groups in total. The number of primary amides is 1. The minimum absolute atomic E-state index is 0.329. The standard InChI is InChI=1S/C5H14N2OSi/c1-7(5(6)8)3-2-4-9/h2-4H2,1,9H3,(H2,6,8). The average Bonchev–Trinajstić information content (AvgIpc) is 1.82. The van der Waals surface area contributed by atoms with Crippen molar-refractivity contribution in [3.63, 3.8) is 0 Å². The number of urea groups is 1. The second kappa shape index (κ2) is 4.37. The molecule has 2 amide bonds. The summed E-state index contributed by atoms with van der Waals surface area (Å²) >= 11 is 0. The first-order valence-corrected chi connectivity index (χ1v) is 4.60. The van der Waals surface area contributed by atoms with E-state index in [1.807, 2.05) is 0 Å². The predicted octanol–water partition coefficient (Wildman–Crippen LogP) is -0.829. The average molecular weight is 146 g/mol. The number of rotatable bonds is 3. The minimum atomic E-state index is -0.329. The Morgan fingerprint density at radius 2 is 2.33 bits per heavy atom. The van der Waals surface area contributed by atoms with Gasteiger partial charge in [0.1, 0.15) is 0 Å². The third kappa shape index (κ3) is 4.02. The van der Waals surface area contributed by atoms with Crippen LogP contribution in [0.25, 0.3) is 0 Å². The normalized spacial score (nSPS) is 9.44. The molecule has 0 spiro atoms. The summed E-state index contributed by atoms with van der Waals surface area (Å²) in [6, 6.07) is 0.905. The predicted molar refractivity (Wildman–Crippen MR) is 41.6 cm³/mol. The van der Waals surface area contributed by atoms with Crippen LogP contribution in [0.4, 0.5) is 4.79 Å². The van der Waals surface area contributed by atoms with Crippen LogP contribution in [0.15, 0.2) is 0 Å². The van der Waals surface area contributed by atoms with E-state index in [2.05, 4.69) is 0 Å². The monoisotopic (exact) mass is 146 g/mol. The zero-order chi connectivity index (χ0) is 7.28. The molecule has 0 bridgehead atoms. The van der Waals surface area contributed by atoms with E-state index in [4.69, 9.17) is 5.73 Å². The third-order valence-corrected chi connectivity index (χ3v) is 1.93. The van der Waals surface area contributed by atoms with E-state index in [1.54, 1.807) is 7.05 Å². The second-order valence-corrected chi connectivity index (χ2v) is 3.11. The molecule has 4 heteroatoms. The quantitative estimate of drug-likeness (QED) is 0.519. The molecule has 0 saturated carbocycles. The Balaban J connectivity index is 3.27. The second-order valence-electron chi connectivity index (χ2n) is 2.11. The lowest BCUT2D eigenvalue weighted by atomic mass is 10.4. The van der Waals surface area contributed by atoms with Gasteiger partial charge in [-0.15, -0.1) is 0 Å². The lowest BCUT2D eigenvalue weighted by molar-refractivity contribution is 0.218. The van der Waals surface area contributed by atoms with Crippen LogP contribution < -0.4 is 5.73 Å². The highest BCUT2D eigenvalue weighted by molar-refractivity contribution is 6.08. The lowest BCUT2D eigenvalue weighted by Gasteiger charge is -2.12. The van der Waals surface area contributed by atoms with Gasteiger partial charge in [-0.25, -0.2) is 4.79 Å². The Kier molecular flexibility index (Phi) is 4.12. The molecule has 54 valence electrons. The summed E-state index contributed by atoms with van der Waals surface area (Å²) in [5, 5.41) is 0. The van der Waals surface area contributed by atoms with Gasteiger partial charge in [0.15, 0.2) is 0 Å². The fourth-order valence-corrected chi connectivity index (χ4v) is 0.822. The van der Waals surface area contributed by atoms with Crippen LogP contribution in [-0.4, -0.2) is 34.8 Å². The Morgan fingerprint density at radius 3 is 2.67 bits per heavy atom. The van der Waals surface area contributed by atoms with Crippen LogP contribution in [0, 0.1) is 0 Å². The highest BCUT2D eigenvalue weighted by atomic mass is 28.1. The van der Waals surface area contributed by atoms with Gasteiger partial charge in [0, 0.05) is 23.8 Å². The van der Waals surface area contributed by atoms with Crippen molar-refractivity contribution in [3.05, 3.63) is 0 Å². The molecule has 0 saturated heterocycles. The molecule has 0 unspecified atom stereocenters. The van der Waals surface area contributed by atoms with Crippen molar-refractivity contribution >= 4 is 16.3 Å². The van der Waals surface area contributed by atoms with Crippen LogP contribution in [0.2, 0.25) is 6.04 Å². The van der Waals surface area contributed by atoms with Gasteiger partial charge in [-0.1, -0.05) is 6.04 Å². The zero-order valence-corrected chi connectivity index (χ0v) is 8.05. The Bertz CT molecular complexity index is 97.0. The molecule has 0 aliphatic rings. The smallest absolute Gasteiger partial charge is 0.314 e. The Hall–Kier alpha value is -0.513. The van der Waals surface area contributed by atoms with Crippen molar-refractivity contribution in [2.24, 2.45) is 5.73 Å². The number of nitrogens with two attached hydrogens (primary N) is 1. The molecule has 0 radical (unpaired) electrons. The zero-order valence-electron chi connectivity index (χ0n) is 6.05. The highest BCUT2D eigenvalue weighted by Gasteiger charge is 1.98. The van der Waals surface area contributed by atoms with E-state index in [9.17, 15) is 4.79 Å². The molecule has 0 atom stereocenters. The van der Waals surface area contributed by atoms with E-state index >= 15 is 0 Å². The topological polar surface area (TPSA) is 46.3 Å². The molecule has 3 nitrogen and oxygen atoms in total. The van der Waals surface area contributed by atoms with E-state index < -0.39 is 0 Å². The van der Waals surface area contributed by atoms with Gasteiger partial charge in [-0.05, 0) is 6.42 Å². The number of carbonyl (C=O) groups is 1. The van der Waals surface area contributed by atoms with Crippen LogP contribution in [-0.2, 0) is 0 Å². The molecule has 0 aliphatic heterocycles. The fraction of sp³-hybridized carbons (Fsp3) is 0.800. The van der Waals surface area contributed by atoms with Gasteiger partial charge < -0.3 is 10.6 Å². The van der Waals surface area contributed by atoms with Gasteiger partial charge in [-0.3, -0.25) is 0 Å². The van der Waals surface area contributed by atoms with Gasteiger partial charge in [0.2, 0.25) is 0 Å². The van der Waals surface area contributed by atoms with E-state index in [0.717, 1.165) is 13.0 Å². The van der Waals surface area contributed by atoms with Crippen molar-refractivity contribution in [3.8, 4) is 0 Å². The Morgan fingerprint density at radius 1 is 1.78 bits per heavy atom. The lowest BCUT2D eigenvalue weighted by Crippen LogP contribution is -2.32. The summed E-state index contributed by atoms with van der Waals surface area (Å²) in [4.78, 5) is 11.9. The minimum Gasteiger partial charge on any atom is -0.351 e. The maximum Gasteiger partial charge on any atom is 0.314 e. The van der Waals surface area contributed by atoms with Crippen molar-refractivity contribution in [1.82, 2.24) is 4.90 Å². The van der Waals surface area contributed by atoms with Crippen LogP contribution in [0.5, 0.6) is 0 Å². The van der Waals surface area contributed by atoms with Crippen LogP contribution in [0.3, 0.4) is 0 Å². The van der Waals surface area contributed by atoms with E-state index in [0.29, 0.717) is 0 Å². The van der Waals surface area contributed by atoms with Gasteiger partial charge in [0.25, 0.3) is 0 Å². The van der Waals surface area contributed by atoms with Crippen LogP contribution >= 0.6 is 0 Å². The van der Waals surface area contributed by atoms with Gasteiger partial charge in [-0.2, -0.15) is 0 Å². The van der Waals surface area contributed by atoms with E-state index in [-0.39, 0.29) is 6.03 Å². The Labute approximate surface area is 58.6 Å². The number of hydrogen-bond acceptors (Lipinski definition) is 1. The van der Waals surface area contributed by atoms with Crippen molar-refractivity contribution in [1.29, 1.82) is 0 Å². The summed E-state index contributed by atoms with van der Waals surface area (Å²) < 4.78 is 0. The molecular weight excluding hydrogens is 132 g/mol.